The first-order chi connectivity index (χ1) is 6.70. The van der Waals surface area contributed by atoms with Gasteiger partial charge >= 0.3 is 0 Å². The zero-order valence-electron chi connectivity index (χ0n) is 8.31. The van der Waals surface area contributed by atoms with E-state index in [-0.39, 0.29) is 0 Å². The van der Waals surface area contributed by atoms with Gasteiger partial charge in [0.15, 0.2) is 0 Å². The first-order valence-corrected chi connectivity index (χ1v) is 4.34. The van der Waals surface area contributed by atoms with Gasteiger partial charge in [-0.05, 0) is 0 Å². The molecular weight excluding hydrogens is 176 g/mol. The molecule has 14 heavy (non-hydrogen) atoms. The SMILES string of the molecule is C=C(c1nccn1C)c1nccn1C. The number of imidazole rings is 2. The van der Waals surface area contributed by atoms with E-state index in [0.717, 1.165) is 17.2 Å². The Morgan fingerprint density at radius 2 is 1.50 bits per heavy atom. The molecule has 0 unspecified atom stereocenters. The summed E-state index contributed by atoms with van der Waals surface area (Å²) in [5.74, 6) is 1.69. The smallest absolute Gasteiger partial charge is 0.142 e. The van der Waals surface area contributed by atoms with E-state index in [2.05, 4.69) is 16.5 Å². The van der Waals surface area contributed by atoms with Crippen LogP contribution >= 0.6 is 0 Å². The van der Waals surface area contributed by atoms with Crippen LogP contribution in [0.15, 0.2) is 31.4 Å². The Kier molecular flexibility index (Phi) is 1.96. The van der Waals surface area contributed by atoms with Crippen LogP contribution in [0.25, 0.3) is 5.57 Å². The first kappa shape index (κ1) is 8.74. The number of aryl methyl sites for hydroxylation is 2. The highest BCUT2D eigenvalue weighted by Crippen LogP contribution is 2.16. The van der Waals surface area contributed by atoms with Gasteiger partial charge in [0.25, 0.3) is 0 Å². The molecule has 4 nitrogen and oxygen atoms in total. The second kappa shape index (κ2) is 3.14. The van der Waals surface area contributed by atoms with Gasteiger partial charge in [-0.25, -0.2) is 9.97 Å². The molecule has 0 saturated carbocycles. The monoisotopic (exact) mass is 188 g/mol. The zero-order chi connectivity index (χ0) is 10.1. The normalized spacial score (nSPS) is 10.4. The molecule has 0 radical (unpaired) electrons. The summed E-state index contributed by atoms with van der Waals surface area (Å²) in [5.41, 5.74) is 0.838. The van der Waals surface area contributed by atoms with Crippen molar-refractivity contribution in [2.45, 2.75) is 0 Å². The van der Waals surface area contributed by atoms with Crippen LogP contribution in [0.2, 0.25) is 0 Å². The summed E-state index contributed by atoms with van der Waals surface area (Å²) in [7, 11) is 3.88. The Hall–Kier alpha value is -1.84. The number of rotatable bonds is 2. The van der Waals surface area contributed by atoms with Crippen LogP contribution in [0.4, 0.5) is 0 Å². The summed E-state index contributed by atoms with van der Waals surface area (Å²) < 4.78 is 3.86. The molecule has 0 bridgehead atoms. The van der Waals surface area contributed by atoms with Crippen LogP contribution < -0.4 is 0 Å². The molecule has 0 amide bonds. The van der Waals surface area contributed by atoms with Gasteiger partial charge in [-0.2, -0.15) is 0 Å². The Morgan fingerprint density at radius 3 is 1.79 bits per heavy atom. The lowest BCUT2D eigenvalue weighted by molar-refractivity contribution is 0.859. The maximum atomic E-state index is 4.22. The molecule has 2 heterocycles. The summed E-state index contributed by atoms with van der Waals surface area (Å²) in [6, 6.07) is 0. The Bertz CT molecular complexity index is 422. The molecule has 2 aromatic rings. The summed E-state index contributed by atoms with van der Waals surface area (Å²) in [4.78, 5) is 8.45. The van der Waals surface area contributed by atoms with Gasteiger partial charge < -0.3 is 9.13 Å². The van der Waals surface area contributed by atoms with E-state index in [9.17, 15) is 0 Å². The van der Waals surface area contributed by atoms with Crippen LogP contribution in [-0.4, -0.2) is 19.1 Å². The van der Waals surface area contributed by atoms with Gasteiger partial charge in [-0.1, -0.05) is 6.58 Å². The number of nitrogens with zero attached hydrogens (tertiary/aromatic N) is 4. The van der Waals surface area contributed by atoms with Crippen LogP contribution in [0, 0.1) is 0 Å². The minimum absolute atomic E-state index is 0.838. The predicted octanol–water partition coefficient (Wildman–Crippen LogP) is 1.22. The molecule has 0 atom stereocenters. The molecule has 0 aromatic carbocycles. The number of aromatic nitrogens is 4. The van der Waals surface area contributed by atoms with Crippen molar-refractivity contribution in [2.75, 3.05) is 0 Å². The number of hydrogen-bond acceptors (Lipinski definition) is 2. The Morgan fingerprint density at radius 1 is 1.07 bits per heavy atom. The summed E-state index contributed by atoms with van der Waals surface area (Å²) in [6.07, 6.45) is 7.29. The average Bonchev–Trinajstić information content (AvgIpc) is 2.73. The van der Waals surface area contributed by atoms with Crippen molar-refractivity contribution < 1.29 is 0 Å². The molecule has 72 valence electrons. The largest absolute Gasteiger partial charge is 0.334 e. The molecule has 2 aromatic heterocycles. The molecule has 0 spiro atoms. The first-order valence-electron chi connectivity index (χ1n) is 4.34. The van der Waals surface area contributed by atoms with E-state index in [1.165, 1.54) is 0 Å². The fraction of sp³-hybridized carbons (Fsp3) is 0.200. The lowest BCUT2D eigenvalue weighted by Crippen LogP contribution is -2.02. The molecule has 0 aliphatic heterocycles. The highest BCUT2D eigenvalue weighted by molar-refractivity contribution is 5.70. The zero-order valence-corrected chi connectivity index (χ0v) is 8.31. The Balaban J connectivity index is 2.44. The second-order valence-corrected chi connectivity index (χ2v) is 3.20. The molecule has 4 heteroatoms. The highest BCUT2D eigenvalue weighted by Gasteiger charge is 2.10. The van der Waals surface area contributed by atoms with Gasteiger partial charge in [0.1, 0.15) is 11.6 Å². The molecule has 0 aliphatic carbocycles. The Labute approximate surface area is 82.5 Å². The fourth-order valence-electron chi connectivity index (χ4n) is 1.41. The standard InChI is InChI=1S/C10H12N4/c1-8(9-11-4-6-13(9)2)10-12-5-7-14(10)3/h4-7H,1H2,2-3H3. The highest BCUT2D eigenvalue weighted by atomic mass is 15.1. The van der Waals surface area contributed by atoms with Crippen LogP contribution in [-0.2, 0) is 14.1 Å². The van der Waals surface area contributed by atoms with E-state index >= 15 is 0 Å². The molecule has 0 saturated heterocycles. The van der Waals surface area contributed by atoms with Gasteiger partial charge in [-0.15, -0.1) is 0 Å². The third-order valence-corrected chi connectivity index (χ3v) is 2.18. The van der Waals surface area contributed by atoms with Crippen molar-refractivity contribution >= 4 is 5.57 Å². The van der Waals surface area contributed by atoms with Gasteiger partial charge in [0, 0.05) is 38.9 Å². The van der Waals surface area contributed by atoms with Crippen molar-refractivity contribution in [1.82, 2.24) is 19.1 Å². The van der Waals surface area contributed by atoms with Gasteiger partial charge in [-0.3, -0.25) is 0 Å². The topological polar surface area (TPSA) is 35.6 Å². The predicted molar refractivity (Wildman–Crippen MR) is 54.6 cm³/mol. The lowest BCUT2D eigenvalue weighted by Gasteiger charge is -2.05. The lowest BCUT2D eigenvalue weighted by atomic mass is 10.2. The van der Waals surface area contributed by atoms with Crippen molar-refractivity contribution in [3.63, 3.8) is 0 Å². The van der Waals surface area contributed by atoms with Gasteiger partial charge in [0.2, 0.25) is 0 Å². The maximum absolute atomic E-state index is 4.22. The molecule has 2 rings (SSSR count). The minimum atomic E-state index is 0.838. The van der Waals surface area contributed by atoms with E-state index < -0.39 is 0 Å². The van der Waals surface area contributed by atoms with E-state index in [0.29, 0.717) is 0 Å². The van der Waals surface area contributed by atoms with Gasteiger partial charge in [0.05, 0.1) is 5.57 Å². The van der Waals surface area contributed by atoms with Crippen molar-refractivity contribution in [3.05, 3.63) is 43.0 Å². The van der Waals surface area contributed by atoms with E-state index in [1.54, 1.807) is 12.4 Å². The number of hydrogen-bond donors (Lipinski definition) is 0. The van der Waals surface area contributed by atoms with Crippen LogP contribution in [0.3, 0.4) is 0 Å². The van der Waals surface area contributed by atoms with Crippen LogP contribution in [0.1, 0.15) is 11.6 Å². The summed E-state index contributed by atoms with van der Waals surface area (Å²) in [5, 5.41) is 0. The minimum Gasteiger partial charge on any atom is -0.334 e. The van der Waals surface area contributed by atoms with Crippen molar-refractivity contribution in [3.8, 4) is 0 Å². The molecule has 0 fully saturated rings. The van der Waals surface area contributed by atoms with E-state index in [4.69, 9.17) is 0 Å². The third-order valence-electron chi connectivity index (χ3n) is 2.18. The van der Waals surface area contributed by atoms with Crippen molar-refractivity contribution in [2.24, 2.45) is 14.1 Å². The molecular formula is C10H12N4. The van der Waals surface area contributed by atoms with E-state index in [1.807, 2.05) is 35.6 Å². The fourth-order valence-corrected chi connectivity index (χ4v) is 1.41. The average molecular weight is 188 g/mol. The summed E-state index contributed by atoms with van der Waals surface area (Å²) >= 11 is 0. The van der Waals surface area contributed by atoms with Crippen molar-refractivity contribution in [1.29, 1.82) is 0 Å². The summed E-state index contributed by atoms with van der Waals surface area (Å²) in [6.45, 7) is 3.99. The molecule has 0 N–H and O–H groups in total. The molecule has 0 aliphatic rings. The maximum Gasteiger partial charge on any atom is 0.142 e. The third kappa shape index (κ3) is 1.25. The van der Waals surface area contributed by atoms with Crippen LogP contribution in [0.5, 0.6) is 0 Å². The second-order valence-electron chi connectivity index (χ2n) is 3.20. The quantitative estimate of drug-likeness (QED) is 0.710.